The molecule has 176 valence electrons. The Balaban J connectivity index is 2.24. The molecule has 0 saturated heterocycles. The molecule has 9 nitrogen and oxygen atoms in total. The second-order valence-corrected chi connectivity index (χ2v) is 10.0. The van der Waals surface area contributed by atoms with E-state index in [1.807, 2.05) is 6.92 Å². The molecule has 11 heteroatoms. The summed E-state index contributed by atoms with van der Waals surface area (Å²) < 4.78 is 42.0. The molecule has 1 aromatic heterocycles. The highest BCUT2D eigenvalue weighted by atomic mass is 32.2. The number of thiophene rings is 1. The second kappa shape index (κ2) is 11.5. The van der Waals surface area contributed by atoms with E-state index in [9.17, 15) is 18.0 Å². The van der Waals surface area contributed by atoms with Crippen LogP contribution in [0.1, 0.15) is 31.2 Å². The number of hydrogen-bond donors (Lipinski definition) is 1. The maximum atomic E-state index is 13.0. The molecule has 0 radical (unpaired) electrons. The van der Waals surface area contributed by atoms with Crippen LogP contribution in [0.25, 0.3) is 0 Å². The Morgan fingerprint density at radius 3 is 2.06 bits per heavy atom. The van der Waals surface area contributed by atoms with E-state index in [-0.39, 0.29) is 36.8 Å². The average Bonchev–Trinajstić information content (AvgIpc) is 3.06. The molecule has 0 saturated carbocycles. The third kappa shape index (κ3) is 5.93. The van der Waals surface area contributed by atoms with Gasteiger partial charge in [-0.3, -0.25) is 4.79 Å². The number of nitrogens with zero attached hydrogens (tertiary/aromatic N) is 1. The molecule has 1 N–H and O–H groups in total. The Morgan fingerprint density at radius 1 is 1.00 bits per heavy atom. The van der Waals surface area contributed by atoms with Crippen LogP contribution in [0.5, 0.6) is 0 Å². The Kier molecular flexibility index (Phi) is 9.34. The standard InChI is InChI=1S/C21H28N2O7S2/c1-14-15(2)31-20(18(14)21(25)30-5)22-19(24)16-6-8-17(9-7-16)32(26,27)23(10-12-28-3)11-13-29-4/h6-9H,10-13H2,1-5H3,(H,22,24). The van der Waals surface area contributed by atoms with E-state index in [0.717, 1.165) is 10.4 Å². The molecule has 0 atom stereocenters. The maximum absolute atomic E-state index is 13.0. The molecule has 1 aromatic carbocycles. The number of carbonyl (C=O) groups excluding carboxylic acids is 2. The second-order valence-electron chi connectivity index (χ2n) is 6.85. The third-order valence-electron chi connectivity index (χ3n) is 4.85. The third-order valence-corrected chi connectivity index (χ3v) is 7.88. The van der Waals surface area contributed by atoms with Crippen molar-refractivity contribution in [3.05, 3.63) is 45.8 Å². The lowest BCUT2D eigenvalue weighted by molar-refractivity contribution is 0.0601. The van der Waals surface area contributed by atoms with Gasteiger partial charge in [-0.2, -0.15) is 4.31 Å². The maximum Gasteiger partial charge on any atom is 0.341 e. The molecular weight excluding hydrogens is 456 g/mol. The van der Waals surface area contributed by atoms with Crippen LogP contribution in [0.3, 0.4) is 0 Å². The number of amides is 1. The van der Waals surface area contributed by atoms with Crippen LogP contribution in [0, 0.1) is 13.8 Å². The number of anilines is 1. The minimum Gasteiger partial charge on any atom is -0.465 e. The van der Waals surface area contributed by atoms with Crippen molar-refractivity contribution in [3.63, 3.8) is 0 Å². The smallest absolute Gasteiger partial charge is 0.341 e. The first-order chi connectivity index (χ1) is 15.2. The van der Waals surface area contributed by atoms with Gasteiger partial charge in [0, 0.05) is 37.7 Å². The quantitative estimate of drug-likeness (QED) is 0.488. The first-order valence-corrected chi connectivity index (χ1v) is 12.0. The first kappa shape index (κ1) is 25.9. The minimum absolute atomic E-state index is 0.0549. The van der Waals surface area contributed by atoms with Crippen LogP contribution < -0.4 is 5.32 Å². The average molecular weight is 485 g/mol. The normalized spacial score (nSPS) is 11.6. The zero-order valence-corrected chi connectivity index (χ0v) is 20.4. The molecule has 32 heavy (non-hydrogen) atoms. The topological polar surface area (TPSA) is 111 Å². The molecule has 0 unspecified atom stereocenters. The van der Waals surface area contributed by atoms with Crippen molar-refractivity contribution < 1.29 is 32.2 Å². The largest absolute Gasteiger partial charge is 0.465 e. The van der Waals surface area contributed by atoms with Crippen LogP contribution in [-0.2, 0) is 24.2 Å². The Labute approximate surface area is 192 Å². The van der Waals surface area contributed by atoms with E-state index in [1.54, 1.807) is 6.92 Å². The molecule has 2 rings (SSSR count). The highest BCUT2D eigenvalue weighted by molar-refractivity contribution is 7.89. The summed E-state index contributed by atoms with van der Waals surface area (Å²) in [5.74, 6) is -0.994. The fourth-order valence-corrected chi connectivity index (χ4v) is 5.36. The van der Waals surface area contributed by atoms with Crippen LogP contribution in [0.15, 0.2) is 29.2 Å². The number of aryl methyl sites for hydroxylation is 1. The van der Waals surface area contributed by atoms with Crippen LogP contribution in [0.4, 0.5) is 5.00 Å². The number of nitrogens with one attached hydrogen (secondary N) is 1. The Bertz CT molecular complexity index is 1040. The predicted octanol–water partition coefficient (Wildman–Crippen LogP) is 2.69. The van der Waals surface area contributed by atoms with E-state index >= 15 is 0 Å². The van der Waals surface area contributed by atoms with Gasteiger partial charge in [-0.05, 0) is 43.7 Å². The van der Waals surface area contributed by atoms with Crippen molar-refractivity contribution >= 4 is 38.2 Å². The first-order valence-electron chi connectivity index (χ1n) is 9.75. The van der Waals surface area contributed by atoms with E-state index in [2.05, 4.69) is 5.32 Å². The monoisotopic (exact) mass is 484 g/mol. The summed E-state index contributed by atoms with van der Waals surface area (Å²) in [7, 11) is 0.485. The van der Waals surface area contributed by atoms with Gasteiger partial charge >= 0.3 is 5.97 Å². The molecule has 0 aliphatic carbocycles. The lowest BCUT2D eigenvalue weighted by atomic mass is 10.1. The highest BCUT2D eigenvalue weighted by Crippen LogP contribution is 2.33. The van der Waals surface area contributed by atoms with Crippen molar-refractivity contribution in [1.82, 2.24) is 4.31 Å². The zero-order valence-electron chi connectivity index (χ0n) is 18.8. The number of benzene rings is 1. The van der Waals surface area contributed by atoms with Crippen molar-refractivity contribution in [2.75, 3.05) is 52.9 Å². The van der Waals surface area contributed by atoms with Gasteiger partial charge < -0.3 is 19.5 Å². The van der Waals surface area contributed by atoms with Gasteiger partial charge in [0.05, 0.1) is 30.8 Å². The van der Waals surface area contributed by atoms with Crippen LogP contribution in [-0.4, -0.2) is 72.2 Å². The highest BCUT2D eigenvalue weighted by Gasteiger charge is 2.25. The van der Waals surface area contributed by atoms with Gasteiger partial charge in [0.1, 0.15) is 5.00 Å². The minimum atomic E-state index is -3.79. The number of hydrogen-bond acceptors (Lipinski definition) is 8. The van der Waals surface area contributed by atoms with Crippen LogP contribution in [0.2, 0.25) is 0 Å². The zero-order chi connectivity index (χ0) is 23.9. The van der Waals surface area contributed by atoms with Gasteiger partial charge in [0.2, 0.25) is 10.0 Å². The Morgan fingerprint density at radius 2 is 1.56 bits per heavy atom. The number of sulfonamides is 1. The number of esters is 1. The lowest BCUT2D eigenvalue weighted by Crippen LogP contribution is -2.36. The molecule has 0 fully saturated rings. The molecule has 0 bridgehead atoms. The lowest BCUT2D eigenvalue weighted by Gasteiger charge is -2.21. The summed E-state index contributed by atoms with van der Waals surface area (Å²) in [4.78, 5) is 25.8. The van der Waals surface area contributed by atoms with Crippen molar-refractivity contribution in [1.29, 1.82) is 0 Å². The Hall–Kier alpha value is -2.31. The van der Waals surface area contributed by atoms with E-state index in [4.69, 9.17) is 14.2 Å². The van der Waals surface area contributed by atoms with Gasteiger partial charge in [0.15, 0.2) is 0 Å². The van der Waals surface area contributed by atoms with Gasteiger partial charge in [-0.25, -0.2) is 13.2 Å². The van der Waals surface area contributed by atoms with Crippen molar-refractivity contribution in [2.45, 2.75) is 18.7 Å². The van der Waals surface area contributed by atoms with Crippen molar-refractivity contribution in [3.8, 4) is 0 Å². The summed E-state index contributed by atoms with van der Waals surface area (Å²) >= 11 is 1.28. The van der Waals surface area contributed by atoms with Gasteiger partial charge in [-0.15, -0.1) is 11.3 Å². The molecule has 1 amide bonds. The van der Waals surface area contributed by atoms with E-state index < -0.39 is 21.9 Å². The fourth-order valence-electron chi connectivity index (χ4n) is 2.90. The van der Waals surface area contributed by atoms with E-state index in [1.165, 1.54) is 61.2 Å². The number of methoxy groups -OCH3 is 3. The summed E-state index contributed by atoms with van der Waals surface area (Å²) in [6, 6.07) is 5.61. The number of carbonyl (C=O) groups is 2. The summed E-state index contributed by atoms with van der Waals surface area (Å²) in [6.07, 6.45) is 0. The molecule has 2 aromatic rings. The fraction of sp³-hybridized carbons (Fsp3) is 0.429. The summed E-state index contributed by atoms with van der Waals surface area (Å²) in [5.41, 5.74) is 1.31. The number of rotatable bonds is 11. The predicted molar refractivity (Wildman–Crippen MR) is 122 cm³/mol. The molecule has 0 spiro atoms. The summed E-state index contributed by atoms with van der Waals surface area (Å²) in [6.45, 7) is 4.47. The molecule has 0 aliphatic rings. The van der Waals surface area contributed by atoms with E-state index in [0.29, 0.717) is 10.6 Å². The number of ether oxygens (including phenoxy) is 3. The summed E-state index contributed by atoms with van der Waals surface area (Å²) in [5, 5.41) is 3.11. The van der Waals surface area contributed by atoms with Gasteiger partial charge in [0.25, 0.3) is 5.91 Å². The van der Waals surface area contributed by atoms with Gasteiger partial charge in [-0.1, -0.05) is 0 Å². The van der Waals surface area contributed by atoms with Crippen LogP contribution >= 0.6 is 11.3 Å². The van der Waals surface area contributed by atoms with Crippen molar-refractivity contribution in [2.24, 2.45) is 0 Å². The molecular formula is C21H28N2O7S2. The molecule has 0 aliphatic heterocycles. The molecule has 1 heterocycles. The SMILES string of the molecule is COCCN(CCOC)S(=O)(=O)c1ccc(C(=O)Nc2sc(C)c(C)c2C(=O)OC)cc1.